The van der Waals surface area contributed by atoms with E-state index in [1.54, 1.807) is 54.6 Å². The number of aryl methyl sites for hydroxylation is 1. The Kier molecular flexibility index (Phi) is 4.67. The van der Waals surface area contributed by atoms with Crippen molar-refractivity contribution in [2.75, 3.05) is 5.32 Å². The van der Waals surface area contributed by atoms with Gasteiger partial charge in [0.05, 0.1) is 24.0 Å². The minimum absolute atomic E-state index is 0.0457. The second kappa shape index (κ2) is 7.43. The van der Waals surface area contributed by atoms with Gasteiger partial charge in [0.25, 0.3) is 5.56 Å². The Morgan fingerprint density at radius 1 is 1.07 bits per heavy atom. The molecule has 0 bridgehead atoms. The van der Waals surface area contributed by atoms with Gasteiger partial charge in [-0.1, -0.05) is 24.3 Å². The minimum atomic E-state index is -0.247. The van der Waals surface area contributed by atoms with E-state index in [4.69, 9.17) is 0 Å². The first kappa shape index (κ1) is 17.6. The van der Waals surface area contributed by atoms with Gasteiger partial charge in [0.15, 0.2) is 5.82 Å². The molecule has 1 amide bonds. The molecule has 8 nitrogen and oxygen atoms in total. The van der Waals surface area contributed by atoms with Crippen molar-refractivity contribution >= 4 is 22.5 Å². The number of carbonyl (C=O) groups excluding carboxylic acids is 1. The number of rotatable bonds is 5. The van der Waals surface area contributed by atoms with Crippen LogP contribution in [0.25, 0.3) is 10.8 Å². The molecule has 0 atom stereocenters. The fourth-order valence-electron chi connectivity index (χ4n) is 3.04. The van der Waals surface area contributed by atoms with Crippen LogP contribution in [0.15, 0.2) is 65.8 Å². The molecule has 140 valence electrons. The van der Waals surface area contributed by atoms with E-state index in [1.807, 2.05) is 18.2 Å². The normalized spacial score (nSPS) is 10.9. The number of amides is 1. The number of pyridine rings is 1. The van der Waals surface area contributed by atoms with Gasteiger partial charge in [-0.15, -0.1) is 0 Å². The molecule has 8 heteroatoms. The highest BCUT2D eigenvalue weighted by Crippen LogP contribution is 2.14. The van der Waals surface area contributed by atoms with Gasteiger partial charge in [-0.2, -0.15) is 10.2 Å². The van der Waals surface area contributed by atoms with Crippen molar-refractivity contribution in [1.82, 2.24) is 24.5 Å². The Balaban J connectivity index is 1.49. The molecular weight excluding hydrogens is 356 g/mol. The third kappa shape index (κ3) is 3.66. The van der Waals surface area contributed by atoms with E-state index in [9.17, 15) is 9.59 Å². The number of fused-ring (bicyclic) bond motifs is 1. The molecule has 0 radical (unpaired) electrons. The summed E-state index contributed by atoms with van der Waals surface area (Å²) >= 11 is 0. The molecule has 0 fully saturated rings. The van der Waals surface area contributed by atoms with Crippen LogP contribution in [0, 0.1) is 0 Å². The number of nitrogens with one attached hydrogen (secondary N) is 1. The molecule has 3 aromatic heterocycles. The van der Waals surface area contributed by atoms with Crippen molar-refractivity contribution in [2.24, 2.45) is 7.05 Å². The van der Waals surface area contributed by atoms with E-state index >= 15 is 0 Å². The highest BCUT2D eigenvalue weighted by atomic mass is 16.2. The van der Waals surface area contributed by atoms with E-state index < -0.39 is 0 Å². The van der Waals surface area contributed by atoms with Crippen LogP contribution in [0.1, 0.15) is 11.3 Å². The lowest BCUT2D eigenvalue weighted by molar-refractivity contribution is -0.115. The topological polar surface area (TPSA) is 94.7 Å². The summed E-state index contributed by atoms with van der Waals surface area (Å²) in [5, 5.41) is 12.6. The Morgan fingerprint density at radius 2 is 1.89 bits per heavy atom. The summed E-state index contributed by atoms with van der Waals surface area (Å²) in [6, 6.07) is 12.7. The summed E-state index contributed by atoms with van der Waals surface area (Å²) in [6.07, 6.45) is 5.33. The zero-order valence-electron chi connectivity index (χ0n) is 15.2. The van der Waals surface area contributed by atoms with Gasteiger partial charge in [-0.05, 0) is 17.7 Å². The van der Waals surface area contributed by atoms with Crippen LogP contribution in [-0.2, 0) is 24.8 Å². The molecule has 0 saturated heterocycles. The van der Waals surface area contributed by atoms with Crippen LogP contribution in [0.4, 0.5) is 5.82 Å². The summed E-state index contributed by atoms with van der Waals surface area (Å²) in [5.41, 5.74) is 1.38. The number of benzene rings is 1. The molecule has 1 N–H and O–H groups in total. The largest absolute Gasteiger partial charge is 0.309 e. The summed E-state index contributed by atoms with van der Waals surface area (Å²) in [7, 11) is 1.58. The van der Waals surface area contributed by atoms with Crippen LogP contribution >= 0.6 is 0 Å². The standard InChI is InChI=1S/C20H18N6O2/c1-25-20(28)16-7-3-2-6-15(16)17(23-25)11-19(27)22-18-8-10-26(24-18)13-14-5-4-9-21-12-14/h2-10,12H,11,13H2,1H3,(H,22,24,27). The van der Waals surface area contributed by atoms with Crippen molar-refractivity contribution in [1.29, 1.82) is 0 Å². The molecule has 0 unspecified atom stereocenters. The molecule has 4 rings (SSSR count). The lowest BCUT2D eigenvalue weighted by Crippen LogP contribution is -2.24. The molecule has 0 aliphatic rings. The van der Waals surface area contributed by atoms with Crippen molar-refractivity contribution in [3.05, 3.63) is 82.7 Å². The second-order valence-corrected chi connectivity index (χ2v) is 6.41. The van der Waals surface area contributed by atoms with Gasteiger partial charge in [-0.25, -0.2) is 4.68 Å². The maximum Gasteiger partial charge on any atom is 0.274 e. The third-order valence-electron chi connectivity index (χ3n) is 4.34. The molecule has 0 aliphatic heterocycles. The van der Waals surface area contributed by atoms with Crippen LogP contribution < -0.4 is 10.9 Å². The number of aromatic nitrogens is 5. The number of carbonyl (C=O) groups is 1. The van der Waals surface area contributed by atoms with Gasteiger partial charge in [0.2, 0.25) is 5.91 Å². The highest BCUT2D eigenvalue weighted by Gasteiger charge is 2.13. The summed E-state index contributed by atoms with van der Waals surface area (Å²) in [4.78, 5) is 28.8. The molecular formula is C20H18N6O2. The average Bonchev–Trinajstić information content (AvgIpc) is 3.13. The highest BCUT2D eigenvalue weighted by molar-refractivity contribution is 5.94. The first-order valence-electron chi connectivity index (χ1n) is 8.77. The Morgan fingerprint density at radius 3 is 2.68 bits per heavy atom. The smallest absolute Gasteiger partial charge is 0.274 e. The van der Waals surface area contributed by atoms with Crippen molar-refractivity contribution in [3.63, 3.8) is 0 Å². The first-order chi connectivity index (χ1) is 13.6. The van der Waals surface area contributed by atoms with Crippen LogP contribution in [0.5, 0.6) is 0 Å². The van der Waals surface area contributed by atoms with Crippen molar-refractivity contribution in [3.8, 4) is 0 Å². The van der Waals surface area contributed by atoms with E-state index in [-0.39, 0.29) is 17.9 Å². The van der Waals surface area contributed by atoms with Crippen molar-refractivity contribution in [2.45, 2.75) is 13.0 Å². The van der Waals surface area contributed by atoms with Crippen LogP contribution in [0.2, 0.25) is 0 Å². The summed E-state index contributed by atoms with van der Waals surface area (Å²) < 4.78 is 2.99. The van der Waals surface area contributed by atoms with Crippen LogP contribution in [0.3, 0.4) is 0 Å². The fraction of sp³-hybridized carbons (Fsp3) is 0.150. The zero-order chi connectivity index (χ0) is 19.5. The molecule has 0 saturated carbocycles. The van der Waals surface area contributed by atoms with Crippen molar-refractivity contribution < 1.29 is 4.79 Å². The van der Waals surface area contributed by atoms with Gasteiger partial charge >= 0.3 is 0 Å². The molecule has 1 aromatic carbocycles. The Hall–Kier alpha value is -3.81. The molecule has 28 heavy (non-hydrogen) atoms. The predicted molar refractivity (Wildman–Crippen MR) is 105 cm³/mol. The maximum atomic E-state index is 12.5. The van der Waals surface area contributed by atoms with E-state index in [1.165, 1.54) is 4.68 Å². The lowest BCUT2D eigenvalue weighted by Gasteiger charge is -2.08. The average molecular weight is 374 g/mol. The maximum absolute atomic E-state index is 12.5. The lowest BCUT2D eigenvalue weighted by atomic mass is 10.1. The SMILES string of the molecule is Cn1nc(CC(=O)Nc2ccn(Cc3cccnc3)n2)c2ccccc2c1=O. The Bertz CT molecular complexity index is 1200. The number of hydrogen-bond donors (Lipinski definition) is 1. The summed E-state index contributed by atoms with van der Waals surface area (Å²) in [6.45, 7) is 0.566. The fourth-order valence-corrected chi connectivity index (χ4v) is 3.04. The molecule has 3 heterocycles. The molecule has 0 aliphatic carbocycles. The first-order valence-corrected chi connectivity index (χ1v) is 8.77. The van der Waals surface area contributed by atoms with Crippen LogP contribution in [-0.4, -0.2) is 30.5 Å². The second-order valence-electron chi connectivity index (χ2n) is 6.41. The van der Waals surface area contributed by atoms with Gasteiger partial charge < -0.3 is 5.32 Å². The van der Waals surface area contributed by atoms with Gasteiger partial charge in [-0.3, -0.25) is 19.3 Å². The van der Waals surface area contributed by atoms with Gasteiger partial charge in [0, 0.05) is 37.1 Å². The number of hydrogen-bond acceptors (Lipinski definition) is 5. The third-order valence-corrected chi connectivity index (χ3v) is 4.34. The molecule has 0 spiro atoms. The summed E-state index contributed by atoms with van der Waals surface area (Å²) in [5.74, 6) is 0.214. The van der Waals surface area contributed by atoms with E-state index in [0.717, 1.165) is 5.56 Å². The minimum Gasteiger partial charge on any atom is -0.309 e. The number of nitrogens with zero attached hydrogens (tertiary/aromatic N) is 5. The van der Waals surface area contributed by atoms with E-state index in [2.05, 4.69) is 20.5 Å². The molecule has 4 aromatic rings. The Labute approximate surface area is 160 Å². The monoisotopic (exact) mass is 374 g/mol. The quantitative estimate of drug-likeness (QED) is 0.574. The van der Waals surface area contributed by atoms with E-state index in [0.29, 0.717) is 28.8 Å². The van der Waals surface area contributed by atoms with Gasteiger partial charge in [0.1, 0.15) is 0 Å². The predicted octanol–water partition coefficient (Wildman–Crippen LogP) is 1.75. The zero-order valence-corrected chi connectivity index (χ0v) is 15.2. The number of anilines is 1.